The summed E-state index contributed by atoms with van der Waals surface area (Å²) in [4.78, 5) is 11.9. The Bertz CT molecular complexity index is 517. The average Bonchev–Trinajstić information content (AvgIpc) is 3.24. The van der Waals surface area contributed by atoms with Crippen LogP contribution in [0.25, 0.3) is 0 Å². The first-order valence-electron chi connectivity index (χ1n) is 6.82. The highest BCUT2D eigenvalue weighted by Gasteiger charge is 2.21. The van der Waals surface area contributed by atoms with Crippen molar-refractivity contribution in [2.75, 3.05) is 31.6 Å². The maximum absolute atomic E-state index is 11.9. The van der Waals surface area contributed by atoms with Crippen molar-refractivity contribution < 1.29 is 14.3 Å². The number of amides is 1. The van der Waals surface area contributed by atoms with E-state index in [4.69, 9.17) is 9.47 Å². The number of hydrogen-bond donors (Lipinski definition) is 2. The van der Waals surface area contributed by atoms with Gasteiger partial charge in [-0.25, -0.2) is 0 Å². The second kappa shape index (κ2) is 6.01. The zero-order chi connectivity index (χ0) is 13.9. The van der Waals surface area contributed by atoms with E-state index in [1.54, 1.807) is 6.07 Å². The van der Waals surface area contributed by atoms with Crippen molar-refractivity contribution in [3.05, 3.63) is 16.6 Å². The summed E-state index contributed by atoms with van der Waals surface area (Å²) in [6.07, 6.45) is 2.56. The SMILES string of the molecule is O=C(CNCC1CC1)Nc1cc2c(cc1Br)OCCO2. The van der Waals surface area contributed by atoms with E-state index in [1.807, 2.05) is 6.07 Å². The molecule has 2 N–H and O–H groups in total. The van der Waals surface area contributed by atoms with Crippen LogP contribution in [-0.4, -0.2) is 32.2 Å². The fourth-order valence-electron chi connectivity index (χ4n) is 2.07. The number of fused-ring (bicyclic) bond motifs is 1. The Morgan fingerprint density at radius 3 is 2.65 bits per heavy atom. The summed E-state index contributed by atoms with van der Waals surface area (Å²) in [6.45, 7) is 2.34. The molecule has 1 aliphatic carbocycles. The highest BCUT2D eigenvalue weighted by molar-refractivity contribution is 9.10. The molecule has 1 saturated carbocycles. The van der Waals surface area contributed by atoms with Crippen LogP contribution in [0.3, 0.4) is 0 Å². The van der Waals surface area contributed by atoms with Gasteiger partial charge in [-0.3, -0.25) is 4.79 Å². The second-order valence-corrected chi connectivity index (χ2v) is 5.95. The van der Waals surface area contributed by atoms with Crippen LogP contribution < -0.4 is 20.1 Å². The van der Waals surface area contributed by atoms with Crippen LogP contribution in [-0.2, 0) is 4.79 Å². The molecule has 5 nitrogen and oxygen atoms in total. The Morgan fingerprint density at radius 2 is 1.95 bits per heavy atom. The van der Waals surface area contributed by atoms with Gasteiger partial charge in [0.1, 0.15) is 13.2 Å². The molecule has 1 heterocycles. The molecule has 0 unspecified atom stereocenters. The number of carbonyl (C=O) groups excluding carboxylic acids is 1. The van der Waals surface area contributed by atoms with Gasteiger partial charge in [0.25, 0.3) is 0 Å². The van der Waals surface area contributed by atoms with E-state index in [0.717, 1.165) is 16.9 Å². The molecule has 0 radical (unpaired) electrons. The summed E-state index contributed by atoms with van der Waals surface area (Å²) in [5, 5.41) is 6.04. The van der Waals surface area contributed by atoms with Crippen molar-refractivity contribution in [1.29, 1.82) is 0 Å². The molecule has 0 bridgehead atoms. The van der Waals surface area contributed by atoms with Crippen molar-refractivity contribution >= 4 is 27.5 Å². The molecule has 1 aliphatic heterocycles. The number of rotatable bonds is 5. The number of ether oxygens (including phenoxy) is 2. The van der Waals surface area contributed by atoms with Crippen LogP contribution in [0.2, 0.25) is 0 Å². The lowest BCUT2D eigenvalue weighted by atomic mass is 10.2. The predicted molar refractivity (Wildman–Crippen MR) is 79.4 cm³/mol. The smallest absolute Gasteiger partial charge is 0.238 e. The number of benzene rings is 1. The first-order chi connectivity index (χ1) is 9.72. The van der Waals surface area contributed by atoms with Crippen molar-refractivity contribution in [3.8, 4) is 11.5 Å². The lowest BCUT2D eigenvalue weighted by Crippen LogP contribution is -2.29. The molecule has 1 aromatic rings. The average molecular weight is 341 g/mol. The molecule has 0 aromatic heterocycles. The topological polar surface area (TPSA) is 59.6 Å². The zero-order valence-corrected chi connectivity index (χ0v) is 12.7. The summed E-state index contributed by atoms with van der Waals surface area (Å²) in [7, 11) is 0. The van der Waals surface area contributed by atoms with E-state index < -0.39 is 0 Å². The molecular formula is C14H17BrN2O3. The van der Waals surface area contributed by atoms with Gasteiger partial charge in [0.15, 0.2) is 11.5 Å². The summed E-state index contributed by atoms with van der Waals surface area (Å²) in [5.41, 5.74) is 0.701. The second-order valence-electron chi connectivity index (χ2n) is 5.10. The lowest BCUT2D eigenvalue weighted by molar-refractivity contribution is -0.115. The number of nitrogens with one attached hydrogen (secondary N) is 2. The third-order valence-corrected chi connectivity index (χ3v) is 3.98. The highest BCUT2D eigenvalue weighted by Crippen LogP contribution is 2.38. The number of halogens is 1. The number of hydrogen-bond acceptors (Lipinski definition) is 4. The molecule has 3 rings (SSSR count). The van der Waals surface area contributed by atoms with E-state index >= 15 is 0 Å². The van der Waals surface area contributed by atoms with E-state index in [9.17, 15) is 4.79 Å². The third kappa shape index (κ3) is 3.43. The van der Waals surface area contributed by atoms with Gasteiger partial charge in [-0.1, -0.05) is 0 Å². The normalized spacial score (nSPS) is 16.9. The fourth-order valence-corrected chi connectivity index (χ4v) is 2.49. The Morgan fingerprint density at radius 1 is 1.25 bits per heavy atom. The van der Waals surface area contributed by atoms with Crippen LogP contribution in [0.4, 0.5) is 5.69 Å². The molecule has 1 fully saturated rings. The Hall–Kier alpha value is -1.27. The molecular weight excluding hydrogens is 324 g/mol. The zero-order valence-electron chi connectivity index (χ0n) is 11.1. The standard InChI is InChI=1S/C14H17BrN2O3/c15-10-5-12-13(20-4-3-19-12)6-11(10)17-14(18)8-16-7-9-1-2-9/h5-6,9,16H,1-4,7-8H2,(H,17,18). The lowest BCUT2D eigenvalue weighted by Gasteiger charge is -2.20. The van der Waals surface area contributed by atoms with Gasteiger partial charge >= 0.3 is 0 Å². The Balaban J connectivity index is 1.59. The highest BCUT2D eigenvalue weighted by atomic mass is 79.9. The summed E-state index contributed by atoms with van der Waals surface area (Å²) in [6, 6.07) is 3.61. The van der Waals surface area contributed by atoms with Crippen LogP contribution in [0.5, 0.6) is 11.5 Å². The maximum atomic E-state index is 11.9. The molecule has 20 heavy (non-hydrogen) atoms. The van der Waals surface area contributed by atoms with E-state index in [-0.39, 0.29) is 5.91 Å². The number of anilines is 1. The molecule has 0 atom stereocenters. The quantitative estimate of drug-likeness (QED) is 0.862. The Labute approximate surface area is 126 Å². The molecule has 1 aromatic carbocycles. The Kier molecular flexibility index (Phi) is 4.12. The van der Waals surface area contributed by atoms with Crippen molar-refractivity contribution in [1.82, 2.24) is 5.32 Å². The minimum absolute atomic E-state index is 0.0528. The largest absolute Gasteiger partial charge is 0.486 e. The van der Waals surface area contributed by atoms with Gasteiger partial charge in [-0.05, 0) is 41.2 Å². The van der Waals surface area contributed by atoms with Crippen LogP contribution >= 0.6 is 15.9 Å². The van der Waals surface area contributed by atoms with Crippen molar-refractivity contribution in [3.63, 3.8) is 0 Å². The van der Waals surface area contributed by atoms with Crippen molar-refractivity contribution in [2.45, 2.75) is 12.8 Å². The van der Waals surface area contributed by atoms with E-state index in [0.29, 0.717) is 36.9 Å². The fraction of sp³-hybridized carbons (Fsp3) is 0.500. The van der Waals surface area contributed by atoms with Gasteiger partial charge < -0.3 is 20.1 Å². The van der Waals surface area contributed by atoms with Crippen LogP contribution in [0.15, 0.2) is 16.6 Å². The minimum atomic E-state index is -0.0528. The molecule has 1 amide bonds. The number of carbonyl (C=O) groups is 1. The monoisotopic (exact) mass is 340 g/mol. The summed E-state index contributed by atoms with van der Waals surface area (Å²) < 4.78 is 11.8. The third-order valence-electron chi connectivity index (χ3n) is 3.32. The van der Waals surface area contributed by atoms with E-state index in [2.05, 4.69) is 26.6 Å². The van der Waals surface area contributed by atoms with Crippen LogP contribution in [0.1, 0.15) is 12.8 Å². The van der Waals surface area contributed by atoms with Gasteiger partial charge in [-0.15, -0.1) is 0 Å². The summed E-state index contributed by atoms with van der Waals surface area (Å²) >= 11 is 3.43. The van der Waals surface area contributed by atoms with Gasteiger partial charge in [0.2, 0.25) is 5.91 Å². The van der Waals surface area contributed by atoms with E-state index in [1.165, 1.54) is 12.8 Å². The predicted octanol–water partition coefficient (Wildman–Crippen LogP) is 2.16. The van der Waals surface area contributed by atoms with Gasteiger partial charge in [-0.2, -0.15) is 0 Å². The molecule has 108 valence electrons. The molecule has 2 aliphatic rings. The first-order valence-corrected chi connectivity index (χ1v) is 7.61. The minimum Gasteiger partial charge on any atom is -0.486 e. The first kappa shape index (κ1) is 13.7. The van der Waals surface area contributed by atoms with Gasteiger partial charge in [0, 0.05) is 16.6 Å². The molecule has 6 heteroatoms. The van der Waals surface area contributed by atoms with Gasteiger partial charge in [0.05, 0.1) is 12.2 Å². The van der Waals surface area contributed by atoms with Crippen LogP contribution in [0, 0.1) is 5.92 Å². The maximum Gasteiger partial charge on any atom is 0.238 e. The van der Waals surface area contributed by atoms with Crippen molar-refractivity contribution in [2.24, 2.45) is 5.92 Å². The molecule has 0 saturated heterocycles. The summed E-state index contributed by atoms with van der Waals surface area (Å²) in [5.74, 6) is 2.08. The molecule has 0 spiro atoms.